The zero-order valence-corrected chi connectivity index (χ0v) is 14.5. The summed E-state index contributed by atoms with van der Waals surface area (Å²) in [6.45, 7) is 6.14. The molecule has 0 aliphatic carbocycles. The second-order valence-corrected chi connectivity index (χ2v) is 6.73. The van der Waals surface area contributed by atoms with Gasteiger partial charge in [-0.25, -0.2) is 4.98 Å². The molecular formula is C19H21N5O. The van der Waals surface area contributed by atoms with E-state index in [1.165, 1.54) is 0 Å². The van der Waals surface area contributed by atoms with E-state index in [0.717, 1.165) is 11.4 Å². The van der Waals surface area contributed by atoms with Gasteiger partial charge in [0, 0.05) is 29.6 Å². The van der Waals surface area contributed by atoms with Gasteiger partial charge in [0.15, 0.2) is 0 Å². The van der Waals surface area contributed by atoms with Gasteiger partial charge >= 0.3 is 0 Å². The number of aromatic hydroxyl groups is 1. The molecule has 2 heterocycles. The van der Waals surface area contributed by atoms with Crippen LogP contribution in [0.2, 0.25) is 0 Å². The van der Waals surface area contributed by atoms with Crippen LogP contribution in [0.5, 0.6) is 5.75 Å². The van der Waals surface area contributed by atoms with E-state index < -0.39 is 0 Å². The van der Waals surface area contributed by atoms with Crippen molar-refractivity contribution in [3.8, 4) is 17.1 Å². The fourth-order valence-corrected chi connectivity index (χ4v) is 2.28. The first-order valence-corrected chi connectivity index (χ1v) is 8.04. The molecule has 0 atom stereocenters. The van der Waals surface area contributed by atoms with E-state index in [1.54, 1.807) is 24.4 Å². The zero-order valence-electron chi connectivity index (χ0n) is 14.5. The number of nitrogens with one attached hydrogen (secondary N) is 2. The highest BCUT2D eigenvalue weighted by molar-refractivity contribution is 5.65. The number of aromatic nitrogens is 3. The van der Waals surface area contributed by atoms with Crippen molar-refractivity contribution in [2.45, 2.75) is 26.3 Å². The van der Waals surface area contributed by atoms with Crippen molar-refractivity contribution in [2.75, 3.05) is 10.6 Å². The lowest BCUT2D eigenvalue weighted by Crippen LogP contribution is -2.27. The van der Waals surface area contributed by atoms with Crippen LogP contribution >= 0.6 is 0 Å². The first kappa shape index (κ1) is 16.7. The Morgan fingerprint density at radius 1 is 0.920 bits per heavy atom. The molecule has 0 amide bonds. The van der Waals surface area contributed by atoms with E-state index in [4.69, 9.17) is 0 Å². The fourth-order valence-electron chi connectivity index (χ4n) is 2.28. The average molecular weight is 335 g/mol. The molecule has 3 N–H and O–H groups in total. The lowest BCUT2D eigenvalue weighted by atomic mass is 10.1. The summed E-state index contributed by atoms with van der Waals surface area (Å²) in [6.07, 6.45) is 1.73. The minimum atomic E-state index is -0.176. The molecule has 0 fully saturated rings. The molecule has 1 aromatic carbocycles. The van der Waals surface area contributed by atoms with Crippen molar-refractivity contribution >= 4 is 17.5 Å². The van der Waals surface area contributed by atoms with Crippen molar-refractivity contribution in [1.82, 2.24) is 15.0 Å². The molecule has 6 heteroatoms. The molecule has 6 nitrogen and oxygen atoms in total. The Bertz CT molecular complexity index is 859. The molecule has 0 aliphatic heterocycles. The van der Waals surface area contributed by atoms with E-state index in [-0.39, 0.29) is 11.3 Å². The number of phenols is 1. The Hall–Kier alpha value is -3.15. The van der Waals surface area contributed by atoms with E-state index in [1.807, 2.05) is 51.1 Å². The third kappa shape index (κ3) is 4.67. The second kappa shape index (κ2) is 6.76. The van der Waals surface area contributed by atoms with Gasteiger partial charge in [-0.15, -0.1) is 0 Å². The summed E-state index contributed by atoms with van der Waals surface area (Å²) < 4.78 is 0. The summed E-state index contributed by atoms with van der Waals surface area (Å²) in [5.74, 6) is 1.32. The lowest BCUT2D eigenvalue weighted by Gasteiger charge is -2.21. The van der Waals surface area contributed by atoms with Crippen molar-refractivity contribution in [3.63, 3.8) is 0 Å². The Morgan fingerprint density at radius 2 is 1.76 bits per heavy atom. The van der Waals surface area contributed by atoms with E-state index in [9.17, 15) is 5.11 Å². The van der Waals surface area contributed by atoms with Gasteiger partial charge < -0.3 is 15.7 Å². The number of pyridine rings is 1. The molecule has 0 radical (unpaired) electrons. The van der Waals surface area contributed by atoms with Crippen molar-refractivity contribution in [2.24, 2.45) is 0 Å². The van der Waals surface area contributed by atoms with Gasteiger partial charge in [-0.3, -0.25) is 4.98 Å². The van der Waals surface area contributed by atoms with E-state index in [0.29, 0.717) is 17.5 Å². The van der Waals surface area contributed by atoms with Crippen LogP contribution < -0.4 is 10.6 Å². The summed E-state index contributed by atoms with van der Waals surface area (Å²) in [5, 5.41) is 16.1. The molecule has 0 bridgehead atoms. The Labute approximate surface area is 147 Å². The summed E-state index contributed by atoms with van der Waals surface area (Å²) in [6, 6.07) is 14.4. The Kier molecular flexibility index (Phi) is 4.52. The van der Waals surface area contributed by atoms with Crippen LogP contribution in [0, 0.1) is 0 Å². The van der Waals surface area contributed by atoms with Gasteiger partial charge in [0.1, 0.15) is 11.6 Å². The SMILES string of the molecule is CC(C)(C)Nc1nc(Nc2cccc(O)c2)cc(-c2ccccn2)n1. The Morgan fingerprint density at radius 3 is 2.44 bits per heavy atom. The van der Waals surface area contributed by atoms with Gasteiger partial charge in [-0.05, 0) is 45.0 Å². The van der Waals surface area contributed by atoms with Crippen LogP contribution in [0.25, 0.3) is 11.4 Å². The first-order chi connectivity index (χ1) is 11.9. The monoisotopic (exact) mass is 335 g/mol. The number of benzene rings is 1. The molecule has 0 saturated carbocycles. The quantitative estimate of drug-likeness (QED) is 0.663. The van der Waals surface area contributed by atoms with Gasteiger partial charge in [-0.1, -0.05) is 12.1 Å². The molecular weight excluding hydrogens is 314 g/mol. The van der Waals surface area contributed by atoms with Crippen LogP contribution in [0.3, 0.4) is 0 Å². The van der Waals surface area contributed by atoms with Crippen molar-refractivity contribution < 1.29 is 5.11 Å². The highest BCUT2D eigenvalue weighted by Gasteiger charge is 2.14. The maximum absolute atomic E-state index is 9.64. The van der Waals surface area contributed by atoms with Crippen molar-refractivity contribution in [3.05, 3.63) is 54.7 Å². The standard InChI is InChI=1S/C19H21N5O/c1-19(2,3)24-18-22-16(15-9-4-5-10-20-15)12-17(23-18)21-13-7-6-8-14(25)11-13/h4-12,25H,1-3H3,(H2,21,22,23,24). The topological polar surface area (TPSA) is 83.0 Å². The number of hydrogen-bond donors (Lipinski definition) is 3. The fraction of sp³-hybridized carbons (Fsp3) is 0.211. The molecule has 0 spiro atoms. The third-order valence-corrected chi connectivity index (χ3v) is 3.26. The predicted octanol–water partition coefficient (Wildman–Crippen LogP) is 4.20. The second-order valence-electron chi connectivity index (χ2n) is 6.73. The summed E-state index contributed by atoms with van der Waals surface area (Å²) in [7, 11) is 0. The van der Waals surface area contributed by atoms with E-state index >= 15 is 0 Å². The molecule has 25 heavy (non-hydrogen) atoms. The zero-order chi connectivity index (χ0) is 17.9. The van der Waals surface area contributed by atoms with Gasteiger partial charge in [0.2, 0.25) is 5.95 Å². The first-order valence-electron chi connectivity index (χ1n) is 8.04. The highest BCUT2D eigenvalue weighted by atomic mass is 16.3. The largest absolute Gasteiger partial charge is 0.508 e. The third-order valence-electron chi connectivity index (χ3n) is 3.26. The minimum Gasteiger partial charge on any atom is -0.508 e. The summed E-state index contributed by atoms with van der Waals surface area (Å²) >= 11 is 0. The van der Waals surface area contributed by atoms with Crippen LogP contribution in [0.15, 0.2) is 54.7 Å². The normalized spacial score (nSPS) is 11.2. The number of rotatable bonds is 4. The maximum atomic E-state index is 9.64. The minimum absolute atomic E-state index is 0.176. The van der Waals surface area contributed by atoms with Crippen LogP contribution in [-0.2, 0) is 0 Å². The average Bonchev–Trinajstić information content (AvgIpc) is 2.54. The summed E-state index contributed by atoms with van der Waals surface area (Å²) in [5.41, 5.74) is 2.04. The maximum Gasteiger partial charge on any atom is 0.225 e. The lowest BCUT2D eigenvalue weighted by molar-refractivity contribution is 0.475. The molecule has 3 aromatic rings. The molecule has 0 unspecified atom stereocenters. The summed E-state index contributed by atoms with van der Waals surface area (Å²) in [4.78, 5) is 13.5. The van der Waals surface area contributed by atoms with Crippen molar-refractivity contribution in [1.29, 1.82) is 0 Å². The van der Waals surface area contributed by atoms with Gasteiger partial charge in [0.05, 0.1) is 11.4 Å². The molecule has 3 rings (SSSR count). The number of hydrogen-bond acceptors (Lipinski definition) is 6. The molecule has 0 saturated heterocycles. The number of nitrogens with zero attached hydrogens (tertiary/aromatic N) is 3. The smallest absolute Gasteiger partial charge is 0.225 e. The Balaban J connectivity index is 2.00. The molecule has 0 aliphatic rings. The van der Waals surface area contributed by atoms with Crippen LogP contribution in [-0.4, -0.2) is 25.6 Å². The van der Waals surface area contributed by atoms with Crippen LogP contribution in [0.4, 0.5) is 17.5 Å². The number of anilines is 3. The van der Waals surface area contributed by atoms with Crippen LogP contribution in [0.1, 0.15) is 20.8 Å². The molecule has 2 aromatic heterocycles. The van der Waals surface area contributed by atoms with E-state index in [2.05, 4.69) is 25.6 Å². The number of phenolic OH excluding ortho intramolecular Hbond substituents is 1. The molecule has 128 valence electrons. The highest BCUT2D eigenvalue weighted by Crippen LogP contribution is 2.24. The van der Waals surface area contributed by atoms with Gasteiger partial charge in [-0.2, -0.15) is 4.98 Å². The predicted molar refractivity (Wildman–Crippen MR) is 100 cm³/mol. The van der Waals surface area contributed by atoms with Gasteiger partial charge in [0.25, 0.3) is 0 Å².